The fourth-order valence-corrected chi connectivity index (χ4v) is 3.32. The van der Waals surface area contributed by atoms with Crippen LogP contribution in [0.1, 0.15) is 30.4 Å². The number of benzene rings is 2. The van der Waals surface area contributed by atoms with Crippen LogP contribution in [0.5, 0.6) is 11.5 Å². The van der Waals surface area contributed by atoms with Gasteiger partial charge in [0.1, 0.15) is 0 Å². The van der Waals surface area contributed by atoms with Crippen molar-refractivity contribution in [2.45, 2.75) is 31.8 Å². The molecule has 2 aromatic carbocycles. The third-order valence-electron chi connectivity index (χ3n) is 4.69. The Morgan fingerprint density at radius 3 is 2.39 bits per heavy atom. The van der Waals surface area contributed by atoms with E-state index >= 15 is 0 Å². The molecule has 122 valence electrons. The summed E-state index contributed by atoms with van der Waals surface area (Å²) >= 11 is 0. The van der Waals surface area contributed by atoms with Crippen LogP contribution < -0.4 is 9.47 Å². The van der Waals surface area contributed by atoms with Gasteiger partial charge in [0, 0.05) is 18.5 Å². The fraction of sp³-hybridized carbons (Fsp3) is 0.400. The Bertz CT molecular complexity index is 641. The van der Waals surface area contributed by atoms with E-state index in [1.54, 1.807) is 14.2 Å². The van der Waals surface area contributed by atoms with Crippen molar-refractivity contribution in [1.29, 1.82) is 0 Å². The molecule has 1 fully saturated rings. The second-order valence-corrected chi connectivity index (χ2v) is 6.07. The number of methoxy groups -OCH3 is 2. The molecule has 0 aliphatic heterocycles. The number of nitrogens with zero attached hydrogens (tertiary/aromatic N) is 1. The van der Waals surface area contributed by atoms with Crippen LogP contribution in [0, 0.1) is 0 Å². The monoisotopic (exact) mass is 311 g/mol. The van der Waals surface area contributed by atoms with E-state index in [1.165, 1.54) is 17.5 Å². The van der Waals surface area contributed by atoms with Crippen LogP contribution in [-0.4, -0.2) is 31.7 Å². The average molecular weight is 311 g/mol. The Hall–Kier alpha value is -2.00. The Morgan fingerprint density at radius 1 is 1.00 bits per heavy atom. The molecular formula is C20H25NO2. The van der Waals surface area contributed by atoms with Crippen molar-refractivity contribution >= 4 is 0 Å². The summed E-state index contributed by atoms with van der Waals surface area (Å²) in [5.74, 6) is 2.26. The van der Waals surface area contributed by atoms with Crippen LogP contribution in [-0.2, 0) is 6.54 Å². The third kappa shape index (κ3) is 3.50. The van der Waals surface area contributed by atoms with Gasteiger partial charge in [-0.1, -0.05) is 43.3 Å². The topological polar surface area (TPSA) is 21.7 Å². The fourth-order valence-electron chi connectivity index (χ4n) is 3.32. The maximum atomic E-state index is 5.42. The van der Waals surface area contributed by atoms with Gasteiger partial charge in [-0.25, -0.2) is 0 Å². The lowest BCUT2D eigenvalue weighted by Gasteiger charge is -2.21. The van der Waals surface area contributed by atoms with Crippen LogP contribution in [0.2, 0.25) is 0 Å². The highest BCUT2D eigenvalue weighted by Gasteiger charge is 2.41. The molecule has 3 nitrogen and oxygen atoms in total. The largest absolute Gasteiger partial charge is 0.493 e. The lowest BCUT2D eigenvalue weighted by Crippen LogP contribution is -2.26. The lowest BCUT2D eigenvalue weighted by molar-refractivity contribution is 0.263. The van der Waals surface area contributed by atoms with E-state index in [-0.39, 0.29) is 0 Å². The molecule has 0 N–H and O–H groups in total. The highest BCUT2D eigenvalue weighted by atomic mass is 16.5. The van der Waals surface area contributed by atoms with Gasteiger partial charge < -0.3 is 9.47 Å². The Labute approximate surface area is 138 Å². The van der Waals surface area contributed by atoms with Crippen LogP contribution in [0.4, 0.5) is 0 Å². The number of ether oxygens (including phenoxy) is 2. The van der Waals surface area contributed by atoms with Crippen LogP contribution in [0.15, 0.2) is 48.5 Å². The van der Waals surface area contributed by atoms with Gasteiger partial charge in [-0.05, 0) is 36.2 Å². The van der Waals surface area contributed by atoms with Crippen LogP contribution >= 0.6 is 0 Å². The van der Waals surface area contributed by atoms with E-state index < -0.39 is 0 Å². The minimum Gasteiger partial charge on any atom is -0.493 e. The molecule has 2 aromatic rings. The zero-order chi connectivity index (χ0) is 16.2. The van der Waals surface area contributed by atoms with Crippen LogP contribution in [0.25, 0.3) is 0 Å². The van der Waals surface area contributed by atoms with Gasteiger partial charge in [0.25, 0.3) is 0 Å². The van der Waals surface area contributed by atoms with E-state index in [0.29, 0.717) is 12.0 Å². The molecule has 0 saturated heterocycles. The molecule has 3 rings (SSSR count). The second-order valence-electron chi connectivity index (χ2n) is 6.07. The van der Waals surface area contributed by atoms with Gasteiger partial charge in [0.15, 0.2) is 11.5 Å². The average Bonchev–Trinajstić information content (AvgIpc) is 3.40. The molecule has 0 bridgehead atoms. The molecule has 3 heteroatoms. The summed E-state index contributed by atoms with van der Waals surface area (Å²) < 4.78 is 10.7. The molecule has 1 aliphatic rings. The summed E-state index contributed by atoms with van der Waals surface area (Å²) in [5, 5.41) is 0. The van der Waals surface area contributed by atoms with Crippen molar-refractivity contribution in [2.24, 2.45) is 0 Å². The summed E-state index contributed by atoms with van der Waals surface area (Å²) in [6.07, 6.45) is 1.26. The molecule has 23 heavy (non-hydrogen) atoms. The first-order valence-corrected chi connectivity index (χ1v) is 8.26. The summed E-state index contributed by atoms with van der Waals surface area (Å²) in [5.41, 5.74) is 2.73. The first-order chi connectivity index (χ1) is 11.3. The summed E-state index contributed by atoms with van der Waals surface area (Å²) in [6, 6.07) is 17.7. The quantitative estimate of drug-likeness (QED) is 0.769. The smallest absolute Gasteiger partial charge is 0.161 e. The van der Waals surface area contributed by atoms with Crippen molar-refractivity contribution in [1.82, 2.24) is 4.90 Å². The van der Waals surface area contributed by atoms with E-state index in [2.05, 4.69) is 54.3 Å². The molecule has 0 radical (unpaired) electrons. The Kier molecular flexibility index (Phi) is 4.87. The SMILES string of the molecule is CCN(Cc1ccc(OC)c(OC)c1)C1CC1c1ccccc1. The van der Waals surface area contributed by atoms with Gasteiger partial charge in [0.2, 0.25) is 0 Å². The Balaban J connectivity index is 1.69. The van der Waals surface area contributed by atoms with Crippen molar-refractivity contribution in [2.75, 3.05) is 20.8 Å². The molecule has 0 amide bonds. The Morgan fingerprint density at radius 2 is 1.74 bits per heavy atom. The first kappa shape index (κ1) is 15.9. The van der Waals surface area contributed by atoms with Gasteiger partial charge in [0.05, 0.1) is 14.2 Å². The molecule has 1 aliphatic carbocycles. The molecule has 0 heterocycles. The predicted octanol–water partition coefficient (Wildman–Crippen LogP) is 4.08. The molecule has 0 aromatic heterocycles. The van der Waals surface area contributed by atoms with E-state index in [0.717, 1.165) is 24.6 Å². The maximum Gasteiger partial charge on any atom is 0.161 e. The van der Waals surface area contributed by atoms with Crippen LogP contribution in [0.3, 0.4) is 0 Å². The minimum atomic E-state index is 0.649. The van der Waals surface area contributed by atoms with E-state index in [9.17, 15) is 0 Å². The molecule has 2 unspecified atom stereocenters. The molecular weight excluding hydrogens is 286 g/mol. The van der Waals surface area contributed by atoms with E-state index in [1.807, 2.05) is 6.07 Å². The highest BCUT2D eigenvalue weighted by Crippen LogP contribution is 2.45. The van der Waals surface area contributed by atoms with Crippen molar-refractivity contribution in [3.8, 4) is 11.5 Å². The minimum absolute atomic E-state index is 0.649. The van der Waals surface area contributed by atoms with Gasteiger partial charge in [-0.2, -0.15) is 0 Å². The second kappa shape index (κ2) is 7.05. The number of likely N-dealkylation sites (N-methyl/N-ethyl adjacent to an activating group) is 1. The van der Waals surface area contributed by atoms with Gasteiger partial charge >= 0.3 is 0 Å². The molecule has 0 spiro atoms. The zero-order valence-corrected chi connectivity index (χ0v) is 14.2. The number of hydrogen-bond donors (Lipinski definition) is 0. The third-order valence-corrected chi connectivity index (χ3v) is 4.69. The van der Waals surface area contributed by atoms with Gasteiger partial charge in [-0.3, -0.25) is 4.90 Å². The van der Waals surface area contributed by atoms with Gasteiger partial charge in [-0.15, -0.1) is 0 Å². The van der Waals surface area contributed by atoms with E-state index in [4.69, 9.17) is 9.47 Å². The normalized spacial score (nSPS) is 19.7. The lowest BCUT2D eigenvalue weighted by atomic mass is 10.1. The van der Waals surface area contributed by atoms with Crippen molar-refractivity contribution in [3.05, 3.63) is 59.7 Å². The predicted molar refractivity (Wildman–Crippen MR) is 93.2 cm³/mol. The first-order valence-electron chi connectivity index (χ1n) is 8.26. The van der Waals surface area contributed by atoms with Crippen molar-refractivity contribution in [3.63, 3.8) is 0 Å². The number of rotatable bonds is 7. The maximum absolute atomic E-state index is 5.42. The van der Waals surface area contributed by atoms with Crippen molar-refractivity contribution < 1.29 is 9.47 Å². The molecule has 1 saturated carbocycles. The summed E-state index contributed by atoms with van der Waals surface area (Å²) in [7, 11) is 3.36. The standard InChI is InChI=1S/C20H25NO2/c1-4-21(18-13-17(18)16-8-6-5-7-9-16)14-15-10-11-19(22-2)20(12-15)23-3/h5-12,17-18H,4,13-14H2,1-3H3. The molecule has 2 atom stereocenters. The zero-order valence-electron chi connectivity index (χ0n) is 14.2. The summed E-state index contributed by atoms with van der Waals surface area (Å²) in [6.45, 7) is 4.24. The summed E-state index contributed by atoms with van der Waals surface area (Å²) in [4.78, 5) is 2.55. The highest BCUT2D eigenvalue weighted by molar-refractivity contribution is 5.43. The number of hydrogen-bond acceptors (Lipinski definition) is 3.